The number of ether oxygens (including phenoxy) is 1. The van der Waals surface area contributed by atoms with Crippen LogP contribution < -0.4 is 10.6 Å². The van der Waals surface area contributed by atoms with Gasteiger partial charge in [0, 0.05) is 45.9 Å². The fourth-order valence-electron chi connectivity index (χ4n) is 3.46. The molecule has 0 aromatic heterocycles. The Morgan fingerprint density at radius 1 is 1.25 bits per heavy atom. The summed E-state index contributed by atoms with van der Waals surface area (Å²) in [6.45, 7) is 14.3. The molecule has 0 aliphatic carbocycles. The van der Waals surface area contributed by atoms with Crippen LogP contribution in [0.4, 0.5) is 0 Å². The van der Waals surface area contributed by atoms with Crippen molar-refractivity contribution in [3.8, 4) is 0 Å². The van der Waals surface area contributed by atoms with Crippen LogP contribution in [0.3, 0.4) is 0 Å². The molecule has 2 N–H and O–H groups in total. The van der Waals surface area contributed by atoms with Crippen LogP contribution in [-0.2, 0) is 11.2 Å². The third kappa shape index (κ3) is 9.56. The van der Waals surface area contributed by atoms with Crippen molar-refractivity contribution in [2.24, 2.45) is 16.8 Å². The molecule has 158 valence electrons. The minimum atomic E-state index is 0.602. The summed E-state index contributed by atoms with van der Waals surface area (Å²) in [6.07, 6.45) is 3.40. The third-order valence-electron chi connectivity index (χ3n) is 4.99. The first-order chi connectivity index (χ1) is 13.7. The molecule has 1 aliphatic rings. The Balaban J connectivity index is 1.63. The van der Waals surface area contributed by atoms with Crippen molar-refractivity contribution in [3.63, 3.8) is 0 Å². The van der Waals surface area contributed by atoms with E-state index in [0.29, 0.717) is 11.8 Å². The molecule has 28 heavy (non-hydrogen) atoms. The molecule has 1 saturated heterocycles. The van der Waals surface area contributed by atoms with Crippen molar-refractivity contribution in [2.45, 2.75) is 40.0 Å². The highest BCUT2D eigenvalue weighted by Gasteiger charge is 2.21. The molecule has 1 aliphatic heterocycles. The van der Waals surface area contributed by atoms with Gasteiger partial charge in [-0.25, -0.2) is 0 Å². The number of hydrogen-bond acceptors (Lipinski definition) is 3. The zero-order valence-corrected chi connectivity index (χ0v) is 18.1. The fourth-order valence-corrected chi connectivity index (χ4v) is 3.46. The maximum Gasteiger partial charge on any atom is 0.191 e. The predicted octanol–water partition coefficient (Wildman–Crippen LogP) is 3.17. The summed E-state index contributed by atoms with van der Waals surface area (Å²) < 4.78 is 5.64. The van der Waals surface area contributed by atoms with Crippen LogP contribution in [0.15, 0.2) is 35.3 Å². The smallest absolute Gasteiger partial charge is 0.191 e. The molecule has 1 atom stereocenters. The number of guanidine groups is 1. The highest BCUT2D eigenvalue weighted by Crippen LogP contribution is 2.17. The lowest BCUT2D eigenvalue weighted by Gasteiger charge is -2.16. The van der Waals surface area contributed by atoms with Crippen LogP contribution in [0.25, 0.3) is 0 Å². The van der Waals surface area contributed by atoms with Gasteiger partial charge in [-0.05, 0) is 50.1 Å². The molecule has 0 spiro atoms. The molecule has 5 heteroatoms. The van der Waals surface area contributed by atoms with Crippen LogP contribution in [0.2, 0.25) is 0 Å². The molecular weight excluding hydrogens is 348 g/mol. The number of nitrogens with one attached hydrogen (secondary N) is 2. The minimum Gasteiger partial charge on any atom is -0.381 e. The molecule has 1 fully saturated rings. The zero-order valence-electron chi connectivity index (χ0n) is 18.1. The fraction of sp³-hybridized carbons (Fsp3) is 0.696. The molecule has 1 unspecified atom stereocenters. The lowest BCUT2D eigenvalue weighted by atomic mass is 10.1. The van der Waals surface area contributed by atoms with E-state index in [2.05, 4.69) is 66.6 Å². The molecule has 0 amide bonds. The largest absolute Gasteiger partial charge is 0.381 e. The summed E-state index contributed by atoms with van der Waals surface area (Å²) in [7, 11) is 0. The number of rotatable bonds is 12. The summed E-state index contributed by atoms with van der Waals surface area (Å²) in [5.74, 6) is 2.21. The van der Waals surface area contributed by atoms with Gasteiger partial charge in [-0.3, -0.25) is 4.99 Å². The summed E-state index contributed by atoms with van der Waals surface area (Å²) in [6, 6.07) is 10.8. The van der Waals surface area contributed by atoms with Gasteiger partial charge in [-0.15, -0.1) is 0 Å². The van der Waals surface area contributed by atoms with Gasteiger partial charge >= 0.3 is 0 Å². The molecule has 1 heterocycles. The highest BCUT2D eigenvalue weighted by molar-refractivity contribution is 5.79. The van der Waals surface area contributed by atoms with Crippen molar-refractivity contribution in [1.29, 1.82) is 0 Å². The van der Waals surface area contributed by atoms with E-state index in [1.165, 1.54) is 25.1 Å². The molecular formula is C23H40N4O. The summed E-state index contributed by atoms with van der Waals surface area (Å²) >= 11 is 0. The van der Waals surface area contributed by atoms with Crippen molar-refractivity contribution >= 4 is 5.96 Å². The van der Waals surface area contributed by atoms with Gasteiger partial charge < -0.3 is 20.3 Å². The van der Waals surface area contributed by atoms with E-state index in [1.54, 1.807) is 0 Å². The first-order valence-corrected chi connectivity index (χ1v) is 11.0. The van der Waals surface area contributed by atoms with Gasteiger partial charge in [0.2, 0.25) is 0 Å². The Hall–Kier alpha value is -1.59. The van der Waals surface area contributed by atoms with E-state index >= 15 is 0 Å². The van der Waals surface area contributed by atoms with Gasteiger partial charge in [0.1, 0.15) is 0 Å². The molecule has 1 aromatic carbocycles. The van der Waals surface area contributed by atoms with Crippen molar-refractivity contribution < 1.29 is 4.74 Å². The number of hydrogen-bond donors (Lipinski definition) is 2. The molecule has 5 nitrogen and oxygen atoms in total. The second-order valence-electron chi connectivity index (χ2n) is 8.16. The standard InChI is InChI=1S/C23H40N4O/c1-4-24-23(25-13-8-16-28-19-20(2)3)26-17-22-12-15-27(18-22)14-11-21-9-6-5-7-10-21/h5-7,9-10,20,22H,4,8,11-19H2,1-3H3,(H2,24,25,26). The average molecular weight is 389 g/mol. The van der Waals surface area contributed by atoms with Crippen LogP contribution in [-0.4, -0.2) is 63.3 Å². The maximum absolute atomic E-state index is 5.64. The van der Waals surface area contributed by atoms with E-state index < -0.39 is 0 Å². The van der Waals surface area contributed by atoms with Gasteiger partial charge in [0.25, 0.3) is 0 Å². The number of aliphatic imine (C=N–C) groups is 1. The number of benzene rings is 1. The van der Waals surface area contributed by atoms with Gasteiger partial charge in [0.05, 0.1) is 0 Å². The molecule has 0 radical (unpaired) electrons. The van der Waals surface area contributed by atoms with E-state index in [0.717, 1.165) is 58.2 Å². The zero-order chi connectivity index (χ0) is 20.0. The topological polar surface area (TPSA) is 48.9 Å². The highest BCUT2D eigenvalue weighted by atomic mass is 16.5. The van der Waals surface area contributed by atoms with Crippen molar-refractivity contribution in [3.05, 3.63) is 35.9 Å². The normalized spacial score (nSPS) is 18.0. The monoisotopic (exact) mass is 388 g/mol. The average Bonchev–Trinajstić information content (AvgIpc) is 3.15. The predicted molar refractivity (Wildman–Crippen MR) is 119 cm³/mol. The minimum absolute atomic E-state index is 0.602. The van der Waals surface area contributed by atoms with Gasteiger partial charge in [0.15, 0.2) is 5.96 Å². The Kier molecular flexibility index (Phi) is 11.0. The van der Waals surface area contributed by atoms with E-state index in [4.69, 9.17) is 9.73 Å². The second kappa shape index (κ2) is 13.6. The van der Waals surface area contributed by atoms with Crippen molar-refractivity contribution in [2.75, 3.05) is 52.5 Å². The van der Waals surface area contributed by atoms with Crippen LogP contribution in [0.1, 0.15) is 39.2 Å². The Morgan fingerprint density at radius 3 is 2.82 bits per heavy atom. The lowest BCUT2D eigenvalue weighted by Crippen LogP contribution is -2.38. The first kappa shape index (κ1) is 22.7. The molecule has 0 bridgehead atoms. The van der Waals surface area contributed by atoms with E-state index in [-0.39, 0.29) is 0 Å². The van der Waals surface area contributed by atoms with Crippen molar-refractivity contribution in [1.82, 2.24) is 15.5 Å². The quantitative estimate of drug-likeness (QED) is 0.328. The number of nitrogens with zero attached hydrogens (tertiary/aromatic N) is 2. The molecule has 0 saturated carbocycles. The van der Waals surface area contributed by atoms with Crippen LogP contribution >= 0.6 is 0 Å². The Bertz CT molecular complexity index is 547. The summed E-state index contributed by atoms with van der Waals surface area (Å²) in [4.78, 5) is 7.40. The lowest BCUT2D eigenvalue weighted by molar-refractivity contribution is 0.108. The number of likely N-dealkylation sites (tertiary alicyclic amines) is 1. The second-order valence-corrected chi connectivity index (χ2v) is 8.16. The Morgan fingerprint density at radius 2 is 2.07 bits per heavy atom. The SMILES string of the molecule is CCNC(=NCC1CCN(CCc2ccccc2)C1)NCCCOCC(C)C. The molecule has 2 rings (SSSR count). The van der Waals surface area contributed by atoms with Crippen LogP contribution in [0.5, 0.6) is 0 Å². The van der Waals surface area contributed by atoms with Crippen LogP contribution in [0, 0.1) is 11.8 Å². The van der Waals surface area contributed by atoms with Gasteiger partial charge in [-0.1, -0.05) is 44.2 Å². The van der Waals surface area contributed by atoms with Gasteiger partial charge in [-0.2, -0.15) is 0 Å². The summed E-state index contributed by atoms with van der Waals surface area (Å²) in [5.41, 5.74) is 1.43. The molecule has 1 aromatic rings. The van der Waals surface area contributed by atoms with E-state index in [1.807, 2.05) is 0 Å². The van der Waals surface area contributed by atoms with E-state index in [9.17, 15) is 0 Å². The maximum atomic E-state index is 5.64. The first-order valence-electron chi connectivity index (χ1n) is 11.0. The Labute approximate surface area is 171 Å². The third-order valence-corrected chi connectivity index (χ3v) is 4.99. The summed E-state index contributed by atoms with van der Waals surface area (Å²) in [5, 5.41) is 6.79.